The topological polar surface area (TPSA) is 90.1 Å². The number of carbonyl (C=O) groups excluding carboxylic acids is 1. The lowest BCUT2D eigenvalue weighted by Gasteiger charge is -2.19. The molecular formula is C9H14N4O2. The number of nitrogens with one attached hydrogen (secondary N) is 1. The number of carbonyl (C=O) groups is 1. The lowest BCUT2D eigenvalue weighted by molar-refractivity contribution is 0.00636. The van der Waals surface area contributed by atoms with Gasteiger partial charge in [-0.25, -0.2) is 20.6 Å². The molecule has 0 fully saturated rings. The third-order valence-electron chi connectivity index (χ3n) is 1.43. The maximum absolute atomic E-state index is 11.6. The largest absolute Gasteiger partial charge is 0.455 e. The molecule has 82 valence electrons. The van der Waals surface area contributed by atoms with Crippen molar-refractivity contribution in [1.82, 2.24) is 9.97 Å². The van der Waals surface area contributed by atoms with Gasteiger partial charge in [0.05, 0.1) is 0 Å². The number of ether oxygens (including phenoxy) is 1. The molecule has 6 nitrogen and oxygen atoms in total. The summed E-state index contributed by atoms with van der Waals surface area (Å²) in [4.78, 5) is 19.3. The Hall–Kier alpha value is -1.69. The van der Waals surface area contributed by atoms with Crippen molar-refractivity contribution in [3.8, 4) is 0 Å². The number of nitrogen functional groups attached to an aromatic ring is 1. The van der Waals surface area contributed by atoms with Crippen LogP contribution in [0.1, 0.15) is 31.3 Å². The van der Waals surface area contributed by atoms with E-state index in [9.17, 15) is 4.79 Å². The molecule has 0 bridgehead atoms. The second kappa shape index (κ2) is 4.22. The number of nitrogens with two attached hydrogens (primary N) is 1. The summed E-state index contributed by atoms with van der Waals surface area (Å²) in [5.74, 6) is 4.84. The minimum absolute atomic E-state index is 0.0786. The number of hydrazine groups is 1. The highest BCUT2D eigenvalue weighted by molar-refractivity contribution is 5.92. The molecule has 0 radical (unpaired) electrons. The average Bonchev–Trinajstić information content (AvgIpc) is 2.15. The fourth-order valence-corrected chi connectivity index (χ4v) is 0.919. The normalized spacial score (nSPS) is 10.9. The molecule has 15 heavy (non-hydrogen) atoms. The van der Waals surface area contributed by atoms with Gasteiger partial charge < -0.3 is 10.2 Å². The highest BCUT2D eigenvalue weighted by atomic mass is 16.6. The first kappa shape index (κ1) is 11.4. The van der Waals surface area contributed by atoms with Gasteiger partial charge in [0, 0.05) is 12.4 Å². The van der Waals surface area contributed by atoms with Crippen LogP contribution in [0, 0.1) is 0 Å². The second-order valence-electron chi connectivity index (χ2n) is 3.90. The van der Waals surface area contributed by atoms with Crippen molar-refractivity contribution < 1.29 is 9.53 Å². The predicted molar refractivity (Wildman–Crippen MR) is 55.0 cm³/mol. The number of hydrogen-bond acceptors (Lipinski definition) is 6. The zero-order chi connectivity index (χ0) is 11.5. The van der Waals surface area contributed by atoms with Gasteiger partial charge in [-0.05, 0) is 20.8 Å². The molecule has 0 atom stereocenters. The van der Waals surface area contributed by atoms with Gasteiger partial charge in [-0.3, -0.25) is 0 Å². The molecule has 1 rings (SSSR count). The van der Waals surface area contributed by atoms with Crippen molar-refractivity contribution in [3.63, 3.8) is 0 Å². The van der Waals surface area contributed by atoms with E-state index in [2.05, 4.69) is 15.4 Å². The monoisotopic (exact) mass is 210 g/mol. The molecule has 3 N–H and O–H groups in total. The second-order valence-corrected chi connectivity index (χ2v) is 3.90. The third kappa shape index (κ3) is 3.17. The number of esters is 1. The van der Waals surface area contributed by atoms with Gasteiger partial charge in [0.1, 0.15) is 5.60 Å². The highest BCUT2D eigenvalue weighted by Gasteiger charge is 2.21. The predicted octanol–water partition coefficient (Wildman–Crippen LogP) is 0.718. The van der Waals surface area contributed by atoms with Crippen molar-refractivity contribution >= 4 is 11.8 Å². The fraction of sp³-hybridized carbons (Fsp3) is 0.444. The molecule has 1 aromatic rings. The Labute approximate surface area is 87.8 Å². The zero-order valence-corrected chi connectivity index (χ0v) is 8.94. The molecule has 0 saturated carbocycles. The number of nitrogens with zero attached hydrogens (tertiary/aromatic N) is 2. The molecule has 0 aliphatic rings. The van der Waals surface area contributed by atoms with E-state index >= 15 is 0 Å². The summed E-state index contributed by atoms with van der Waals surface area (Å²) in [6.45, 7) is 5.32. The van der Waals surface area contributed by atoms with Crippen molar-refractivity contribution in [2.75, 3.05) is 5.43 Å². The van der Waals surface area contributed by atoms with Gasteiger partial charge in [0.15, 0.2) is 11.5 Å². The summed E-state index contributed by atoms with van der Waals surface area (Å²) >= 11 is 0. The first-order valence-corrected chi connectivity index (χ1v) is 4.45. The minimum Gasteiger partial charge on any atom is -0.455 e. The summed E-state index contributed by atoms with van der Waals surface area (Å²) in [6.07, 6.45) is 2.84. The first-order valence-electron chi connectivity index (χ1n) is 4.45. The summed E-state index contributed by atoms with van der Waals surface area (Å²) in [5, 5.41) is 0. The van der Waals surface area contributed by atoms with E-state index in [0.717, 1.165) is 0 Å². The van der Waals surface area contributed by atoms with Crippen LogP contribution in [0.15, 0.2) is 12.4 Å². The molecule has 6 heteroatoms. The molecule has 1 aromatic heterocycles. The van der Waals surface area contributed by atoms with Gasteiger partial charge in [0.2, 0.25) is 0 Å². The average molecular weight is 210 g/mol. The van der Waals surface area contributed by atoms with Crippen LogP contribution in [0.5, 0.6) is 0 Å². The van der Waals surface area contributed by atoms with E-state index in [-0.39, 0.29) is 11.5 Å². The lowest BCUT2D eigenvalue weighted by Crippen LogP contribution is -2.26. The zero-order valence-electron chi connectivity index (χ0n) is 8.94. The van der Waals surface area contributed by atoms with Crippen LogP contribution in [-0.4, -0.2) is 21.5 Å². The molecular weight excluding hydrogens is 196 g/mol. The van der Waals surface area contributed by atoms with Gasteiger partial charge >= 0.3 is 5.97 Å². The van der Waals surface area contributed by atoms with Gasteiger partial charge in [-0.15, -0.1) is 0 Å². The van der Waals surface area contributed by atoms with E-state index in [1.807, 2.05) is 0 Å². The Balaban J connectivity index is 2.91. The Morgan fingerprint density at radius 2 is 2.00 bits per heavy atom. The number of hydrogen-bond donors (Lipinski definition) is 2. The Kier molecular flexibility index (Phi) is 3.21. The molecule has 0 amide bonds. The maximum atomic E-state index is 11.6. The van der Waals surface area contributed by atoms with Gasteiger partial charge in [0.25, 0.3) is 0 Å². The number of rotatable bonds is 2. The van der Waals surface area contributed by atoms with Crippen LogP contribution in [0.4, 0.5) is 5.82 Å². The van der Waals surface area contributed by atoms with E-state index in [0.29, 0.717) is 0 Å². The van der Waals surface area contributed by atoms with E-state index < -0.39 is 11.6 Å². The number of aromatic nitrogens is 2. The summed E-state index contributed by atoms with van der Waals surface area (Å²) in [6, 6.07) is 0. The number of anilines is 1. The molecule has 0 spiro atoms. The maximum Gasteiger partial charge on any atom is 0.361 e. The smallest absolute Gasteiger partial charge is 0.361 e. The van der Waals surface area contributed by atoms with Crippen LogP contribution in [0.25, 0.3) is 0 Å². The Bertz CT molecular complexity index is 359. The van der Waals surface area contributed by atoms with Crippen LogP contribution in [0.2, 0.25) is 0 Å². The summed E-state index contributed by atoms with van der Waals surface area (Å²) < 4.78 is 5.13. The molecule has 0 aliphatic carbocycles. The Morgan fingerprint density at radius 3 is 2.53 bits per heavy atom. The van der Waals surface area contributed by atoms with Crippen LogP contribution in [-0.2, 0) is 4.74 Å². The quantitative estimate of drug-likeness (QED) is 0.424. The van der Waals surface area contributed by atoms with E-state index in [1.54, 1.807) is 20.8 Å². The van der Waals surface area contributed by atoms with Crippen LogP contribution in [0.3, 0.4) is 0 Å². The van der Waals surface area contributed by atoms with Crippen LogP contribution >= 0.6 is 0 Å². The first-order chi connectivity index (χ1) is 6.94. The fourth-order valence-electron chi connectivity index (χ4n) is 0.919. The molecule has 0 aliphatic heterocycles. The third-order valence-corrected chi connectivity index (χ3v) is 1.43. The Morgan fingerprint density at radius 1 is 1.40 bits per heavy atom. The van der Waals surface area contributed by atoms with Crippen molar-refractivity contribution in [3.05, 3.63) is 18.1 Å². The van der Waals surface area contributed by atoms with Gasteiger partial charge in [-0.1, -0.05) is 0 Å². The minimum atomic E-state index is -0.569. The SMILES string of the molecule is CC(C)(C)OC(=O)c1nccnc1NN. The van der Waals surface area contributed by atoms with Crippen molar-refractivity contribution in [2.24, 2.45) is 5.84 Å². The molecule has 1 heterocycles. The lowest BCUT2D eigenvalue weighted by atomic mass is 10.2. The van der Waals surface area contributed by atoms with Crippen molar-refractivity contribution in [2.45, 2.75) is 26.4 Å². The highest BCUT2D eigenvalue weighted by Crippen LogP contribution is 2.14. The summed E-state index contributed by atoms with van der Waals surface area (Å²) in [5.41, 5.74) is 1.80. The standard InChI is InChI=1S/C9H14N4O2/c1-9(2,3)15-8(14)6-7(13-10)12-5-4-11-6/h4-5H,10H2,1-3H3,(H,12,13). The van der Waals surface area contributed by atoms with Crippen LogP contribution < -0.4 is 11.3 Å². The molecule has 0 saturated heterocycles. The summed E-state index contributed by atoms with van der Waals surface area (Å²) in [7, 11) is 0. The van der Waals surface area contributed by atoms with E-state index in [1.165, 1.54) is 12.4 Å². The van der Waals surface area contributed by atoms with E-state index in [4.69, 9.17) is 10.6 Å². The van der Waals surface area contributed by atoms with Gasteiger partial charge in [-0.2, -0.15) is 0 Å². The molecule has 0 aromatic carbocycles. The van der Waals surface area contributed by atoms with Crippen molar-refractivity contribution in [1.29, 1.82) is 0 Å². The molecule has 0 unspecified atom stereocenters.